The molecule has 1 heterocycles. The molecule has 0 aliphatic heterocycles. The Hall–Kier alpha value is -1.72. The smallest absolute Gasteiger partial charge is 0.242 e. The first-order chi connectivity index (χ1) is 8.24. The lowest BCUT2D eigenvalue weighted by Gasteiger charge is -2.08. The fraction of sp³-hybridized carbons (Fsp3) is 0.333. The molecule has 0 fully saturated rings. The highest BCUT2D eigenvalue weighted by Crippen LogP contribution is 2.06. The second-order valence-corrected chi connectivity index (χ2v) is 4.00. The summed E-state index contributed by atoms with van der Waals surface area (Å²) in [5.74, 6) is 1.32. The zero-order chi connectivity index (χ0) is 12.1. The Morgan fingerprint density at radius 3 is 2.71 bits per heavy atom. The molecule has 0 spiro atoms. The summed E-state index contributed by atoms with van der Waals surface area (Å²) in [7, 11) is 3.84. The van der Waals surface area contributed by atoms with Gasteiger partial charge in [0.2, 0.25) is 5.89 Å². The molecule has 0 bridgehead atoms. The van der Waals surface area contributed by atoms with Gasteiger partial charge in [-0.05, 0) is 5.56 Å². The van der Waals surface area contributed by atoms with E-state index in [1.165, 1.54) is 5.56 Å². The SMILES string of the molecule is CN(C)NCc1nc(Cc2ccccc2)no1. The summed E-state index contributed by atoms with van der Waals surface area (Å²) < 4.78 is 5.14. The third kappa shape index (κ3) is 3.65. The minimum atomic E-state index is 0.550. The van der Waals surface area contributed by atoms with Crippen LogP contribution in [0.5, 0.6) is 0 Å². The first-order valence-electron chi connectivity index (χ1n) is 5.50. The van der Waals surface area contributed by atoms with Crippen LogP contribution in [-0.4, -0.2) is 29.2 Å². The third-order valence-electron chi connectivity index (χ3n) is 2.26. The van der Waals surface area contributed by atoms with Crippen molar-refractivity contribution in [1.82, 2.24) is 20.6 Å². The second kappa shape index (κ2) is 5.56. The van der Waals surface area contributed by atoms with Crippen LogP contribution in [0, 0.1) is 0 Å². The lowest BCUT2D eigenvalue weighted by Crippen LogP contribution is -2.29. The molecule has 5 nitrogen and oxygen atoms in total. The van der Waals surface area contributed by atoms with E-state index in [-0.39, 0.29) is 0 Å². The molecule has 1 N–H and O–H groups in total. The molecule has 0 aliphatic rings. The van der Waals surface area contributed by atoms with E-state index in [2.05, 4.69) is 15.6 Å². The first kappa shape index (κ1) is 11.8. The molecule has 0 aliphatic carbocycles. The lowest BCUT2D eigenvalue weighted by molar-refractivity contribution is 0.256. The van der Waals surface area contributed by atoms with Crippen molar-refractivity contribution in [2.75, 3.05) is 14.1 Å². The number of benzene rings is 1. The van der Waals surface area contributed by atoms with Crippen molar-refractivity contribution in [3.63, 3.8) is 0 Å². The predicted octanol–water partition coefficient (Wildman–Crippen LogP) is 1.23. The summed E-state index contributed by atoms with van der Waals surface area (Å²) in [5.41, 5.74) is 4.26. The van der Waals surface area contributed by atoms with Gasteiger partial charge < -0.3 is 4.52 Å². The molecule has 0 radical (unpaired) electrons. The van der Waals surface area contributed by atoms with Crippen molar-refractivity contribution < 1.29 is 4.52 Å². The molecule has 5 heteroatoms. The summed E-state index contributed by atoms with van der Waals surface area (Å²) >= 11 is 0. The Morgan fingerprint density at radius 1 is 1.24 bits per heavy atom. The maximum absolute atomic E-state index is 5.14. The van der Waals surface area contributed by atoms with E-state index < -0.39 is 0 Å². The minimum absolute atomic E-state index is 0.550. The van der Waals surface area contributed by atoms with Crippen molar-refractivity contribution >= 4 is 0 Å². The Morgan fingerprint density at radius 2 is 2.00 bits per heavy atom. The van der Waals surface area contributed by atoms with Gasteiger partial charge >= 0.3 is 0 Å². The second-order valence-electron chi connectivity index (χ2n) is 4.00. The molecular formula is C12H16N4O. The van der Waals surface area contributed by atoms with Crippen LogP contribution in [0.4, 0.5) is 0 Å². The Kier molecular flexibility index (Phi) is 3.85. The molecular weight excluding hydrogens is 216 g/mol. The number of nitrogens with zero attached hydrogens (tertiary/aromatic N) is 3. The van der Waals surface area contributed by atoms with Crippen molar-refractivity contribution in [3.8, 4) is 0 Å². The highest BCUT2D eigenvalue weighted by atomic mass is 16.5. The largest absolute Gasteiger partial charge is 0.338 e. The van der Waals surface area contributed by atoms with E-state index in [1.807, 2.05) is 49.4 Å². The van der Waals surface area contributed by atoms with E-state index in [0.717, 1.165) is 0 Å². The topological polar surface area (TPSA) is 54.2 Å². The van der Waals surface area contributed by atoms with Crippen molar-refractivity contribution in [2.24, 2.45) is 0 Å². The van der Waals surface area contributed by atoms with E-state index in [4.69, 9.17) is 4.52 Å². The monoisotopic (exact) mass is 232 g/mol. The molecule has 0 saturated heterocycles. The third-order valence-corrected chi connectivity index (χ3v) is 2.26. The molecule has 2 aromatic rings. The average molecular weight is 232 g/mol. The van der Waals surface area contributed by atoms with Gasteiger partial charge in [0, 0.05) is 20.5 Å². The van der Waals surface area contributed by atoms with Crippen LogP contribution >= 0.6 is 0 Å². The fourth-order valence-corrected chi connectivity index (χ4v) is 1.44. The van der Waals surface area contributed by atoms with E-state index in [0.29, 0.717) is 24.7 Å². The average Bonchev–Trinajstić information content (AvgIpc) is 2.75. The first-order valence-corrected chi connectivity index (χ1v) is 5.50. The van der Waals surface area contributed by atoms with Gasteiger partial charge in [-0.1, -0.05) is 35.5 Å². The normalized spacial score (nSPS) is 11.0. The van der Waals surface area contributed by atoms with Crippen molar-refractivity contribution in [1.29, 1.82) is 0 Å². The van der Waals surface area contributed by atoms with Crippen molar-refractivity contribution in [2.45, 2.75) is 13.0 Å². The van der Waals surface area contributed by atoms with Crippen molar-refractivity contribution in [3.05, 3.63) is 47.6 Å². The van der Waals surface area contributed by atoms with Crippen LogP contribution in [0.25, 0.3) is 0 Å². The van der Waals surface area contributed by atoms with Gasteiger partial charge in [-0.3, -0.25) is 5.01 Å². The molecule has 0 saturated carbocycles. The minimum Gasteiger partial charge on any atom is -0.338 e. The van der Waals surface area contributed by atoms with Crippen LogP contribution in [0.15, 0.2) is 34.9 Å². The van der Waals surface area contributed by atoms with E-state index in [9.17, 15) is 0 Å². The maximum Gasteiger partial charge on any atom is 0.242 e. The van der Waals surface area contributed by atoms with Gasteiger partial charge in [-0.25, -0.2) is 5.43 Å². The van der Waals surface area contributed by atoms with Gasteiger partial charge in [0.25, 0.3) is 0 Å². The Bertz CT molecular complexity index is 453. The van der Waals surface area contributed by atoms with Gasteiger partial charge in [0.15, 0.2) is 5.82 Å². The summed E-state index contributed by atoms with van der Waals surface area (Å²) in [5, 5.41) is 5.79. The number of rotatable bonds is 5. The number of aromatic nitrogens is 2. The zero-order valence-electron chi connectivity index (χ0n) is 10.1. The highest BCUT2D eigenvalue weighted by molar-refractivity contribution is 5.18. The Balaban J connectivity index is 1.94. The molecule has 1 aromatic carbocycles. The molecule has 1 aromatic heterocycles. The van der Waals surface area contributed by atoms with Crippen LogP contribution in [0.3, 0.4) is 0 Å². The van der Waals surface area contributed by atoms with Crippen LogP contribution in [0.1, 0.15) is 17.3 Å². The van der Waals surface area contributed by atoms with E-state index >= 15 is 0 Å². The number of nitrogens with one attached hydrogen (secondary N) is 1. The fourth-order valence-electron chi connectivity index (χ4n) is 1.44. The number of hydrazine groups is 1. The highest BCUT2D eigenvalue weighted by Gasteiger charge is 2.06. The molecule has 0 amide bonds. The molecule has 17 heavy (non-hydrogen) atoms. The summed E-state index contributed by atoms with van der Waals surface area (Å²) in [4.78, 5) is 4.31. The Labute approximate surface area is 100 Å². The predicted molar refractivity (Wildman–Crippen MR) is 64.1 cm³/mol. The van der Waals surface area contributed by atoms with Crippen LogP contribution in [0.2, 0.25) is 0 Å². The summed E-state index contributed by atoms with van der Waals surface area (Å²) in [6.45, 7) is 0.550. The summed E-state index contributed by atoms with van der Waals surface area (Å²) in [6.07, 6.45) is 0.701. The van der Waals surface area contributed by atoms with Crippen LogP contribution < -0.4 is 5.43 Å². The van der Waals surface area contributed by atoms with Gasteiger partial charge in [-0.15, -0.1) is 0 Å². The number of hydrogen-bond acceptors (Lipinski definition) is 5. The molecule has 0 unspecified atom stereocenters. The van der Waals surface area contributed by atoms with Gasteiger partial charge in [-0.2, -0.15) is 4.98 Å². The maximum atomic E-state index is 5.14. The molecule has 0 atom stereocenters. The van der Waals surface area contributed by atoms with E-state index in [1.54, 1.807) is 0 Å². The van der Waals surface area contributed by atoms with Gasteiger partial charge in [0.1, 0.15) is 0 Å². The quantitative estimate of drug-likeness (QED) is 0.786. The lowest BCUT2D eigenvalue weighted by atomic mass is 10.1. The zero-order valence-corrected chi connectivity index (χ0v) is 10.1. The van der Waals surface area contributed by atoms with Crippen LogP contribution in [-0.2, 0) is 13.0 Å². The standard InChI is InChI=1S/C12H16N4O/c1-16(2)13-9-12-14-11(15-17-12)8-10-6-4-3-5-7-10/h3-7,13H,8-9H2,1-2H3. The summed E-state index contributed by atoms with van der Waals surface area (Å²) in [6, 6.07) is 10.1. The molecule has 90 valence electrons. The number of hydrogen-bond donors (Lipinski definition) is 1. The van der Waals surface area contributed by atoms with Gasteiger partial charge in [0.05, 0.1) is 6.54 Å². The molecule has 2 rings (SSSR count).